The summed E-state index contributed by atoms with van der Waals surface area (Å²) in [6.07, 6.45) is 1.85. The summed E-state index contributed by atoms with van der Waals surface area (Å²) in [5.41, 5.74) is 19.7. The molecule has 224 valence electrons. The van der Waals surface area contributed by atoms with Crippen molar-refractivity contribution in [3.8, 4) is 0 Å². The fraction of sp³-hybridized carbons (Fsp3) is 0.394. The van der Waals surface area contributed by atoms with Crippen molar-refractivity contribution in [2.24, 2.45) is 16.5 Å². The minimum Gasteiger partial charge on any atom is -0.399 e. The fourth-order valence-corrected chi connectivity index (χ4v) is 5.22. The maximum absolute atomic E-state index is 14.6. The van der Waals surface area contributed by atoms with Gasteiger partial charge in [-0.2, -0.15) is 0 Å². The van der Waals surface area contributed by atoms with Crippen LogP contribution in [0.3, 0.4) is 0 Å². The molecule has 8 nitrogen and oxygen atoms in total. The molecule has 1 aliphatic heterocycles. The van der Waals surface area contributed by atoms with Crippen molar-refractivity contribution in [3.05, 3.63) is 88.4 Å². The second-order valence-corrected chi connectivity index (χ2v) is 10.9. The molecule has 1 aromatic heterocycles. The zero-order valence-electron chi connectivity index (χ0n) is 25.3. The van der Waals surface area contributed by atoms with Crippen LogP contribution in [-0.2, 0) is 11.3 Å². The Morgan fingerprint density at radius 3 is 2.50 bits per heavy atom. The molecule has 0 bridgehead atoms. The minimum atomic E-state index is -0.257. The number of aromatic nitrogens is 1. The summed E-state index contributed by atoms with van der Waals surface area (Å²) in [5.74, 6) is 1.05. The smallest absolute Gasteiger partial charge is 0.146 e. The molecule has 0 saturated carbocycles. The molecule has 4 rings (SSSR count). The summed E-state index contributed by atoms with van der Waals surface area (Å²) >= 11 is 0. The highest BCUT2D eigenvalue weighted by Crippen LogP contribution is 2.26. The normalized spacial score (nSPS) is 14.6. The molecule has 1 aliphatic rings. The van der Waals surface area contributed by atoms with Crippen molar-refractivity contribution in [3.63, 3.8) is 0 Å². The van der Waals surface area contributed by atoms with E-state index in [0.29, 0.717) is 37.0 Å². The molecular weight excluding hydrogens is 529 g/mol. The number of hydrogen-bond donors (Lipinski definition) is 4. The van der Waals surface area contributed by atoms with Crippen LogP contribution in [0, 0.1) is 26.6 Å². The molecule has 6 N–H and O–H groups in total. The zero-order chi connectivity index (χ0) is 30.2. The van der Waals surface area contributed by atoms with E-state index in [2.05, 4.69) is 33.2 Å². The molecule has 0 atom stereocenters. The SMILES string of the molecule is C=C(N)c1cc(NC2CCN(Cc3ccc(Nc4ccc(C(N)=NCCOCC)cc4C)nc3C)CC2)c(F)cc1C. The number of likely N-dealkylation sites (tertiary alicyclic amines) is 1. The number of pyridine rings is 1. The number of ether oxygens (including phenoxy) is 1. The summed E-state index contributed by atoms with van der Waals surface area (Å²) in [6.45, 7) is 16.2. The molecule has 2 heterocycles. The van der Waals surface area contributed by atoms with Crippen molar-refractivity contribution in [2.45, 2.75) is 53.1 Å². The van der Waals surface area contributed by atoms with E-state index in [1.165, 1.54) is 11.6 Å². The van der Waals surface area contributed by atoms with Crippen molar-refractivity contribution in [2.75, 3.05) is 43.5 Å². The van der Waals surface area contributed by atoms with Crippen molar-refractivity contribution in [1.29, 1.82) is 0 Å². The molecule has 0 spiro atoms. The Morgan fingerprint density at radius 1 is 1.07 bits per heavy atom. The standard InChI is InChI=1S/C33H44FN7O/c1-6-42-16-13-37-33(36)25-7-9-30(22(3)17-25)40-32-10-8-26(24(5)38-32)20-41-14-11-27(12-15-41)39-31-19-28(23(4)35)21(2)18-29(31)34/h7-10,17-19,27,39H,4,6,11-16,20,35H2,1-3,5H3,(H2,36,37)(H,38,40). The van der Waals surface area contributed by atoms with Gasteiger partial charge in [0.25, 0.3) is 0 Å². The van der Waals surface area contributed by atoms with Gasteiger partial charge in [-0.25, -0.2) is 9.37 Å². The lowest BCUT2D eigenvalue weighted by atomic mass is 10.0. The number of nitrogens with two attached hydrogens (primary N) is 2. The third-order valence-electron chi connectivity index (χ3n) is 7.70. The van der Waals surface area contributed by atoms with Gasteiger partial charge in [0.15, 0.2) is 0 Å². The minimum absolute atomic E-state index is 0.203. The summed E-state index contributed by atoms with van der Waals surface area (Å²) in [7, 11) is 0. The molecule has 1 fully saturated rings. The lowest BCUT2D eigenvalue weighted by Gasteiger charge is -2.33. The Hall–Kier alpha value is -3.95. The molecule has 2 aromatic carbocycles. The van der Waals surface area contributed by atoms with Crippen LogP contribution in [0.4, 0.5) is 21.6 Å². The first-order valence-corrected chi connectivity index (χ1v) is 14.6. The first-order valence-electron chi connectivity index (χ1n) is 14.6. The first kappa shape index (κ1) is 31.0. The Bertz CT molecular complexity index is 1430. The number of hydrogen-bond acceptors (Lipinski definition) is 7. The van der Waals surface area contributed by atoms with Gasteiger partial charge >= 0.3 is 0 Å². The van der Waals surface area contributed by atoms with Gasteiger partial charge in [-0.1, -0.05) is 12.6 Å². The lowest BCUT2D eigenvalue weighted by Crippen LogP contribution is -2.39. The number of piperidine rings is 1. The maximum Gasteiger partial charge on any atom is 0.146 e. The topological polar surface area (TPSA) is 114 Å². The van der Waals surface area contributed by atoms with Crippen LogP contribution >= 0.6 is 0 Å². The highest BCUT2D eigenvalue weighted by atomic mass is 19.1. The van der Waals surface area contributed by atoms with Gasteiger partial charge < -0.3 is 26.8 Å². The first-order chi connectivity index (χ1) is 20.1. The number of nitrogens with zero attached hydrogens (tertiary/aromatic N) is 3. The molecule has 0 unspecified atom stereocenters. The number of halogens is 1. The van der Waals surface area contributed by atoms with Crippen LogP contribution in [0.2, 0.25) is 0 Å². The van der Waals surface area contributed by atoms with Gasteiger partial charge in [-0.3, -0.25) is 9.89 Å². The summed E-state index contributed by atoms with van der Waals surface area (Å²) in [5, 5.41) is 6.83. The number of benzene rings is 2. The molecule has 0 amide bonds. The lowest BCUT2D eigenvalue weighted by molar-refractivity contribution is 0.156. The third kappa shape index (κ3) is 8.08. The van der Waals surface area contributed by atoms with Crippen LogP contribution in [-0.4, -0.2) is 54.6 Å². The summed E-state index contributed by atoms with van der Waals surface area (Å²) in [4.78, 5) is 11.7. The molecule has 9 heteroatoms. The van der Waals surface area contributed by atoms with E-state index in [1.54, 1.807) is 6.07 Å². The zero-order valence-corrected chi connectivity index (χ0v) is 25.3. The highest BCUT2D eigenvalue weighted by Gasteiger charge is 2.21. The Kier molecular flexibility index (Phi) is 10.5. The maximum atomic E-state index is 14.6. The Balaban J connectivity index is 1.31. The molecule has 0 aliphatic carbocycles. The second-order valence-electron chi connectivity index (χ2n) is 10.9. The van der Waals surface area contributed by atoms with Gasteiger partial charge in [-0.05, 0) is 93.6 Å². The van der Waals surface area contributed by atoms with Crippen LogP contribution < -0.4 is 22.1 Å². The quantitative estimate of drug-likeness (QED) is 0.126. The monoisotopic (exact) mass is 573 g/mol. The van der Waals surface area contributed by atoms with Crippen LogP contribution in [0.1, 0.15) is 53.3 Å². The van der Waals surface area contributed by atoms with Gasteiger partial charge in [0.2, 0.25) is 0 Å². The summed E-state index contributed by atoms with van der Waals surface area (Å²) in [6, 6.07) is 13.7. The number of rotatable bonds is 12. The van der Waals surface area contributed by atoms with Crippen LogP contribution in [0.5, 0.6) is 0 Å². The van der Waals surface area contributed by atoms with Crippen molar-refractivity contribution < 1.29 is 9.13 Å². The van der Waals surface area contributed by atoms with Crippen LogP contribution in [0.25, 0.3) is 5.70 Å². The van der Waals surface area contributed by atoms with Crippen molar-refractivity contribution >= 4 is 28.7 Å². The average Bonchev–Trinajstić information content (AvgIpc) is 2.95. The average molecular weight is 574 g/mol. The largest absolute Gasteiger partial charge is 0.399 e. The van der Waals surface area contributed by atoms with Crippen molar-refractivity contribution in [1.82, 2.24) is 9.88 Å². The van der Waals surface area contributed by atoms with E-state index in [-0.39, 0.29) is 11.9 Å². The van der Waals surface area contributed by atoms with E-state index in [9.17, 15) is 4.39 Å². The van der Waals surface area contributed by atoms with Gasteiger partial charge in [-0.15, -0.1) is 0 Å². The van der Waals surface area contributed by atoms with E-state index in [4.69, 9.17) is 21.2 Å². The van der Waals surface area contributed by atoms with Gasteiger partial charge in [0, 0.05) is 60.5 Å². The number of anilines is 3. The number of aliphatic imine (C=N–C) groups is 1. The predicted molar refractivity (Wildman–Crippen MR) is 172 cm³/mol. The van der Waals surface area contributed by atoms with Gasteiger partial charge in [0.1, 0.15) is 17.5 Å². The second kappa shape index (κ2) is 14.3. The van der Waals surface area contributed by atoms with E-state index >= 15 is 0 Å². The van der Waals surface area contributed by atoms with E-state index in [1.807, 2.05) is 52.0 Å². The Labute approximate surface area is 249 Å². The molecule has 3 aromatic rings. The number of amidine groups is 1. The van der Waals surface area contributed by atoms with E-state index in [0.717, 1.165) is 71.9 Å². The fourth-order valence-electron chi connectivity index (χ4n) is 5.22. The van der Waals surface area contributed by atoms with Crippen LogP contribution in [0.15, 0.2) is 54.0 Å². The Morgan fingerprint density at radius 2 is 1.83 bits per heavy atom. The molecule has 1 saturated heterocycles. The number of aryl methyl sites for hydroxylation is 3. The molecule has 42 heavy (non-hydrogen) atoms. The summed E-state index contributed by atoms with van der Waals surface area (Å²) < 4.78 is 19.9. The number of nitrogens with one attached hydrogen (secondary N) is 2. The molecular formula is C33H44FN7O. The molecule has 0 radical (unpaired) electrons. The van der Waals surface area contributed by atoms with E-state index < -0.39 is 0 Å². The highest BCUT2D eigenvalue weighted by molar-refractivity contribution is 5.98. The van der Waals surface area contributed by atoms with Gasteiger partial charge in [0.05, 0.1) is 18.8 Å². The predicted octanol–water partition coefficient (Wildman–Crippen LogP) is 5.64. The third-order valence-corrected chi connectivity index (χ3v) is 7.70.